The Bertz CT molecular complexity index is 596. The molecule has 104 valence electrons. The van der Waals surface area contributed by atoms with E-state index in [1.54, 1.807) is 0 Å². The van der Waals surface area contributed by atoms with Crippen LogP contribution in [0.25, 0.3) is 0 Å². The van der Waals surface area contributed by atoms with Gasteiger partial charge in [0.25, 0.3) is 5.69 Å². The standard InChI is InChI=1S/C11H15N3O4S/c12-10-6-9(4-5-11(10)14(15)16)19(17,18)13-7-8-2-1-3-8/h4-6,8,13H,1-3,7,12H2. The van der Waals surface area contributed by atoms with E-state index in [2.05, 4.69) is 4.72 Å². The maximum absolute atomic E-state index is 12.0. The number of anilines is 1. The summed E-state index contributed by atoms with van der Waals surface area (Å²) in [5.74, 6) is 0.394. The zero-order valence-corrected chi connectivity index (χ0v) is 11.0. The highest BCUT2D eigenvalue weighted by Crippen LogP contribution is 2.27. The molecule has 1 aromatic carbocycles. The maximum Gasteiger partial charge on any atom is 0.292 e. The minimum atomic E-state index is -3.65. The summed E-state index contributed by atoms with van der Waals surface area (Å²) in [7, 11) is -3.65. The van der Waals surface area contributed by atoms with E-state index in [-0.39, 0.29) is 16.3 Å². The van der Waals surface area contributed by atoms with Gasteiger partial charge in [-0.25, -0.2) is 13.1 Å². The molecule has 0 heterocycles. The van der Waals surface area contributed by atoms with Crippen molar-refractivity contribution in [3.8, 4) is 0 Å². The third-order valence-corrected chi connectivity index (χ3v) is 4.71. The highest BCUT2D eigenvalue weighted by Gasteiger charge is 2.22. The Morgan fingerprint density at radius 3 is 2.58 bits per heavy atom. The van der Waals surface area contributed by atoms with Gasteiger partial charge >= 0.3 is 0 Å². The molecule has 19 heavy (non-hydrogen) atoms. The average Bonchev–Trinajstić information content (AvgIpc) is 2.26. The van der Waals surface area contributed by atoms with Crippen LogP contribution in [-0.4, -0.2) is 19.9 Å². The lowest BCUT2D eigenvalue weighted by Crippen LogP contribution is -2.32. The van der Waals surface area contributed by atoms with E-state index in [9.17, 15) is 18.5 Å². The molecule has 0 aromatic heterocycles. The first-order chi connectivity index (χ1) is 8.90. The Balaban J connectivity index is 2.15. The number of hydrogen-bond donors (Lipinski definition) is 2. The van der Waals surface area contributed by atoms with Crippen molar-refractivity contribution in [2.24, 2.45) is 5.92 Å². The molecule has 8 heteroatoms. The molecule has 0 aliphatic heterocycles. The number of rotatable bonds is 5. The number of nitrogens with two attached hydrogens (primary N) is 1. The largest absolute Gasteiger partial charge is 0.393 e. The summed E-state index contributed by atoms with van der Waals surface area (Å²) in [5, 5.41) is 10.6. The van der Waals surface area contributed by atoms with Crippen LogP contribution in [0.15, 0.2) is 23.1 Å². The molecular formula is C11H15N3O4S. The molecule has 2 rings (SSSR count). The Morgan fingerprint density at radius 1 is 1.42 bits per heavy atom. The lowest BCUT2D eigenvalue weighted by Gasteiger charge is -2.25. The van der Waals surface area contributed by atoms with Crippen molar-refractivity contribution in [2.75, 3.05) is 12.3 Å². The van der Waals surface area contributed by atoms with Crippen LogP contribution in [0.4, 0.5) is 11.4 Å². The SMILES string of the molecule is Nc1cc(S(=O)(=O)NCC2CCC2)ccc1[N+](=O)[O-]. The first kappa shape index (κ1) is 13.8. The van der Waals surface area contributed by atoms with Crippen molar-refractivity contribution in [3.05, 3.63) is 28.3 Å². The van der Waals surface area contributed by atoms with Gasteiger partial charge in [-0.3, -0.25) is 10.1 Å². The minimum absolute atomic E-state index is 0.0464. The second kappa shape index (κ2) is 5.14. The third kappa shape index (κ3) is 3.02. The van der Waals surface area contributed by atoms with Crippen LogP contribution in [0, 0.1) is 16.0 Å². The van der Waals surface area contributed by atoms with Crippen LogP contribution in [0.3, 0.4) is 0 Å². The summed E-state index contributed by atoms with van der Waals surface area (Å²) in [6, 6.07) is 3.41. The molecule has 3 N–H and O–H groups in total. The van der Waals surface area contributed by atoms with E-state index in [1.165, 1.54) is 6.07 Å². The number of hydrogen-bond acceptors (Lipinski definition) is 5. The van der Waals surface area contributed by atoms with Crippen molar-refractivity contribution in [1.82, 2.24) is 4.72 Å². The van der Waals surface area contributed by atoms with Crippen molar-refractivity contribution in [3.63, 3.8) is 0 Å². The van der Waals surface area contributed by atoms with Crippen LogP contribution >= 0.6 is 0 Å². The van der Waals surface area contributed by atoms with E-state index in [1.807, 2.05) is 0 Å². The van der Waals surface area contributed by atoms with Gasteiger partial charge in [-0.1, -0.05) is 6.42 Å². The van der Waals surface area contributed by atoms with Crippen molar-refractivity contribution in [1.29, 1.82) is 0 Å². The van der Waals surface area contributed by atoms with Gasteiger partial charge in [0.05, 0.1) is 9.82 Å². The third-order valence-electron chi connectivity index (χ3n) is 3.29. The molecule has 0 atom stereocenters. The molecule has 0 spiro atoms. The fraction of sp³-hybridized carbons (Fsp3) is 0.455. The van der Waals surface area contributed by atoms with Crippen molar-refractivity contribution >= 4 is 21.4 Å². The Morgan fingerprint density at radius 2 is 2.11 bits per heavy atom. The normalized spacial score (nSPS) is 16.0. The fourth-order valence-electron chi connectivity index (χ4n) is 1.87. The Labute approximate surface area is 111 Å². The van der Waals surface area contributed by atoms with Crippen LogP contribution < -0.4 is 10.5 Å². The molecule has 0 unspecified atom stereocenters. The summed E-state index contributed by atoms with van der Waals surface area (Å²) >= 11 is 0. The van der Waals surface area contributed by atoms with Gasteiger partial charge < -0.3 is 5.73 Å². The summed E-state index contributed by atoms with van der Waals surface area (Å²) in [5.41, 5.74) is 5.03. The summed E-state index contributed by atoms with van der Waals surface area (Å²) < 4.78 is 26.4. The van der Waals surface area contributed by atoms with E-state index < -0.39 is 14.9 Å². The molecule has 1 aliphatic carbocycles. The predicted molar refractivity (Wildman–Crippen MR) is 70.0 cm³/mol. The molecule has 1 fully saturated rings. The average molecular weight is 285 g/mol. The summed E-state index contributed by atoms with van der Waals surface area (Å²) in [6.45, 7) is 0.402. The molecule has 1 saturated carbocycles. The number of nitrogens with one attached hydrogen (secondary N) is 1. The first-order valence-electron chi connectivity index (χ1n) is 5.94. The number of nitrogens with zero attached hydrogens (tertiary/aromatic N) is 1. The van der Waals surface area contributed by atoms with Crippen LogP contribution in [0.1, 0.15) is 19.3 Å². The Kier molecular flexibility index (Phi) is 3.72. The number of nitro benzene ring substituents is 1. The molecule has 7 nitrogen and oxygen atoms in total. The zero-order chi connectivity index (χ0) is 14.0. The highest BCUT2D eigenvalue weighted by molar-refractivity contribution is 7.89. The van der Waals surface area contributed by atoms with E-state index in [0.29, 0.717) is 12.5 Å². The highest BCUT2D eigenvalue weighted by atomic mass is 32.2. The van der Waals surface area contributed by atoms with Gasteiger partial charge in [0.1, 0.15) is 5.69 Å². The van der Waals surface area contributed by atoms with Crippen molar-refractivity contribution in [2.45, 2.75) is 24.2 Å². The quantitative estimate of drug-likeness (QED) is 0.480. The van der Waals surface area contributed by atoms with Gasteiger partial charge in [-0.2, -0.15) is 0 Å². The lowest BCUT2D eigenvalue weighted by molar-refractivity contribution is -0.383. The van der Waals surface area contributed by atoms with Crippen LogP contribution in [0.5, 0.6) is 0 Å². The van der Waals surface area contributed by atoms with Gasteiger partial charge in [0, 0.05) is 12.6 Å². The molecule has 1 aliphatic rings. The summed E-state index contributed by atoms with van der Waals surface area (Å²) in [4.78, 5) is 9.91. The summed E-state index contributed by atoms with van der Waals surface area (Å²) in [6.07, 6.45) is 3.20. The maximum atomic E-state index is 12.0. The number of sulfonamides is 1. The number of benzene rings is 1. The predicted octanol–water partition coefficient (Wildman–Crippen LogP) is 1.26. The van der Waals surface area contributed by atoms with Crippen molar-refractivity contribution < 1.29 is 13.3 Å². The van der Waals surface area contributed by atoms with Crippen LogP contribution in [0.2, 0.25) is 0 Å². The zero-order valence-electron chi connectivity index (χ0n) is 10.2. The number of nitro groups is 1. The van der Waals surface area contributed by atoms with Crippen LogP contribution in [-0.2, 0) is 10.0 Å². The molecule has 0 saturated heterocycles. The topological polar surface area (TPSA) is 115 Å². The molecular weight excluding hydrogens is 270 g/mol. The van der Waals surface area contributed by atoms with E-state index >= 15 is 0 Å². The molecule has 0 bridgehead atoms. The van der Waals surface area contributed by atoms with E-state index in [4.69, 9.17) is 5.73 Å². The lowest BCUT2D eigenvalue weighted by atomic mass is 9.86. The van der Waals surface area contributed by atoms with E-state index in [0.717, 1.165) is 31.4 Å². The van der Waals surface area contributed by atoms with Gasteiger partial charge in [0.15, 0.2) is 0 Å². The smallest absolute Gasteiger partial charge is 0.292 e. The van der Waals surface area contributed by atoms with Gasteiger partial charge in [-0.05, 0) is 30.9 Å². The molecule has 0 radical (unpaired) electrons. The minimum Gasteiger partial charge on any atom is -0.393 e. The fourth-order valence-corrected chi connectivity index (χ4v) is 3.02. The molecule has 0 amide bonds. The number of nitrogen functional groups attached to an aromatic ring is 1. The second-order valence-corrected chi connectivity index (χ2v) is 6.39. The first-order valence-corrected chi connectivity index (χ1v) is 7.42. The molecule has 1 aromatic rings. The van der Waals surface area contributed by atoms with Gasteiger partial charge in [0.2, 0.25) is 10.0 Å². The Hall–Kier alpha value is -1.67. The monoisotopic (exact) mass is 285 g/mol. The van der Waals surface area contributed by atoms with Gasteiger partial charge in [-0.15, -0.1) is 0 Å². The second-order valence-electron chi connectivity index (χ2n) is 4.63.